The molecule has 2 atom stereocenters. The van der Waals surface area contributed by atoms with E-state index in [1.807, 2.05) is 13.8 Å². The Labute approximate surface area is 203 Å². The number of hydrogen-bond donors (Lipinski definition) is 3. The van der Waals surface area contributed by atoms with E-state index in [4.69, 9.17) is 10.5 Å². The molecule has 1 saturated carbocycles. The number of benzene rings is 3. The van der Waals surface area contributed by atoms with Crippen LogP contribution in [0.5, 0.6) is 11.5 Å². The van der Waals surface area contributed by atoms with E-state index in [0.29, 0.717) is 12.0 Å². The van der Waals surface area contributed by atoms with Crippen molar-refractivity contribution in [1.29, 1.82) is 0 Å². The van der Waals surface area contributed by atoms with Crippen LogP contribution in [0.3, 0.4) is 0 Å². The van der Waals surface area contributed by atoms with Crippen molar-refractivity contribution >= 4 is 5.97 Å². The van der Waals surface area contributed by atoms with Gasteiger partial charge in [0, 0.05) is 23.1 Å². The highest BCUT2D eigenvalue weighted by atomic mass is 19.1. The molecule has 0 unspecified atom stereocenters. The standard InChI is InChI=1S/C28H29F2NO4/c1-27(2,31)25-8-3-4-13-28(25,34)18-6-5-7-20(15-18)35-26(33)22-11-9-17(14-24(22)32)21-12-10-19(29)16-23(21)30/h5-7,9-12,14-16,25,32,34H,3-4,8,13,31H2,1-2H3/t25-,28+/m1/s1. The van der Waals surface area contributed by atoms with E-state index in [0.717, 1.165) is 31.4 Å². The zero-order valence-corrected chi connectivity index (χ0v) is 19.7. The van der Waals surface area contributed by atoms with Gasteiger partial charge in [-0.3, -0.25) is 0 Å². The van der Waals surface area contributed by atoms with Crippen LogP contribution < -0.4 is 10.5 Å². The second-order valence-electron chi connectivity index (χ2n) is 9.82. The molecule has 184 valence electrons. The molecule has 0 heterocycles. The first kappa shape index (κ1) is 24.8. The summed E-state index contributed by atoms with van der Waals surface area (Å²) in [4.78, 5) is 12.8. The fourth-order valence-electron chi connectivity index (χ4n) is 5.08. The van der Waals surface area contributed by atoms with Gasteiger partial charge in [0.2, 0.25) is 0 Å². The number of phenols is 1. The summed E-state index contributed by atoms with van der Waals surface area (Å²) in [5.41, 5.74) is 5.53. The smallest absolute Gasteiger partial charge is 0.347 e. The number of hydrogen-bond acceptors (Lipinski definition) is 5. The van der Waals surface area contributed by atoms with Crippen molar-refractivity contribution in [1.82, 2.24) is 0 Å². The van der Waals surface area contributed by atoms with E-state index in [2.05, 4.69) is 0 Å². The Kier molecular flexibility index (Phi) is 6.66. The summed E-state index contributed by atoms with van der Waals surface area (Å²) < 4.78 is 32.8. The highest BCUT2D eigenvalue weighted by Crippen LogP contribution is 2.46. The Morgan fingerprint density at radius 1 is 1.09 bits per heavy atom. The second-order valence-corrected chi connectivity index (χ2v) is 9.82. The van der Waals surface area contributed by atoms with Gasteiger partial charge in [-0.25, -0.2) is 13.6 Å². The fraction of sp³-hybridized carbons (Fsp3) is 0.321. The molecule has 0 saturated heterocycles. The molecule has 4 N–H and O–H groups in total. The van der Waals surface area contributed by atoms with Crippen LogP contribution in [-0.4, -0.2) is 21.7 Å². The van der Waals surface area contributed by atoms with Crippen molar-refractivity contribution in [2.24, 2.45) is 11.7 Å². The minimum absolute atomic E-state index is 0.0902. The molecule has 0 aromatic heterocycles. The topological polar surface area (TPSA) is 92.8 Å². The third-order valence-electron chi connectivity index (χ3n) is 6.78. The van der Waals surface area contributed by atoms with Crippen LogP contribution in [0, 0.1) is 17.6 Å². The van der Waals surface area contributed by atoms with Crippen LogP contribution in [-0.2, 0) is 5.60 Å². The van der Waals surface area contributed by atoms with Gasteiger partial charge < -0.3 is 20.7 Å². The van der Waals surface area contributed by atoms with Crippen molar-refractivity contribution in [3.63, 3.8) is 0 Å². The molecule has 0 aliphatic heterocycles. The Hall–Kier alpha value is -3.29. The predicted octanol–water partition coefficient (Wildman–Crippen LogP) is 5.67. The average Bonchev–Trinajstić information content (AvgIpc) is 2.78. The van der Waals surface area contributed by atoms with E-state index >= 15 is 0 Å². The van der Waals surface area contributed by atoms with Crippen LogP contribution in [0.15, 0.2) is 60.7 Å². The van der Waals surface area contributed by atoms with Gasteiger partial charge in [-0.15, -0.1) is 0 Å². The number of nitrogens with two attached hydrogens (primary N) is 1. The molecule has 0 amide bonds. The van der Waals surface area contributed by atoms with E-state index in [1.165, 1.54) is 24.3 Å². The van der Waals surface area contributed by atoms with E-state index in [1.54, 1.807) is 24.3 Å². The van der Waals surface area contributed by atoms with Crippen LogP contribution in [0.4, 0.5) is 8.78 Å². The largest absolute Gasteiger partial charge is 0.507 e. The molecule has 7 heteroatoms. The number of halogens is 2. The number of carbonyl (C=O) groups excluding carboxylic acids is 1. The Balaban J connectivity index is 1.58. The summed E-state index contributed by atoms with van der Waals surface area (Å²) in [6, 6.07) is 13.8. The van der Waals surface area contributed by atoms with Gasteiger partial charge in [-0.1, -0.05) is 31.0 Å². The molecular formula is C28H29F2NO4. The third-order valence-corrected chi connectivity index (χ3v) is 6.78. The normalized spacial score (nSPS) is 20.5. The number of ether oxygens (including phenoxy) is 1. The van der Waals surface area contributed by atoms with Gasteiger partial charge in [0.25, 0.3) is 0 Å². The lowest BCUT2D eigenvalue weighted by Gasteiger charge is -2.47. The van der Waals surface area contributed by atoms with Gasteiger partial charge in [-0.2, -0.15) is 0 Å². The lowest BCUT2D eigenvalue weighted by molar-refractivity contribution is -0.0787. The molecule has 35 heavy (non-hydrogen) atoms. The Bertz CT molecular complexity index is 1250. The van der Waals surface area contributed by atoms with Gasteiger partial charge in [0.05, 0.1) is 5.60 Å². The molecule has 1 aliphatic carbocycles. The number of esters is 1. The van der Waals surface area contributed by atoms with Gasteiger partial charge in [0.1, 0.15) is 28.7 Å². The molecule has 3 aromatic rings. The zero-order chi connectivity index (χ0) is 25.4. The molecular weight excluding hydrogens is 452 g/mol. The number of phenolic OH excluding ortho intramolecular Hbond substituents is 1. The molecule has 1 fully saturated rings. The molecule has 1 aliphatic rings. The summed E-state index contributed by atoms with van der Waals surface area (Å²) >= 11 is 0. The highest BCUT2D eigenvalue weighted by molar-refractivity contribution is 5.94. The maximum absolute atomic E-state index is 14.1. The summed E-state index contributed by atoms with van der Waals surface area (Å²) in [6.07, 6.45) is 3.19. The van der Waals surface area contributed by atoms with E-state index < -0.39 is 34.5 Å². The van der Waals surface area contributed by atoms with E-state index in [9.17, 15) is 23.8 Å². The van der Waals surface area contributed by atoms with Crippen molar-refractivity contribution in [3.05, 3.63) is 83.4 Å². The summed E-state index contributed by atoms with van der Waals surface area (Å²) in [7, 11) is 0. The minimum atomic E-state index is -1.15. The summed E-state index contributed by atoms with van der Waals surface area (Å²) in [6.45, 7) is 3.81. The highest BCUT2D eigenvalue weighted by Gasteiger charge is 2.46. The van der Waals surface area contributed by atoms with Crippen molar-refractivity contribution in [2.75, 3.05) is 0 Å². The SMILES string of the molecule is CC(C)(N)[C@H]1CCCC[C@]1(O)c1cccc(OC(=O)c2ccc(-c3ccc(F)cc3F)cc2O)c1. The quantitative estimate of drug-likeness (QED) is 0.322. The van der Waals surface area contributed by atoms with Gasteiger partial charge in [0.15, 0.2) is 0 Å². The van der Waals surface area contributed by atoms with Crippen molar-refractivity contribution in [3.8, 4) is 22.6 Å². The zero-order valence-electron chi connectivity index (χ0n) is 19.7. The van der Waals surface area contributed by atoms with E-state index in [-0.39, 0.29) is 28.4 Å². The molecule has 3 aromatic carbocycles. The minimum Gasteiger partial charge on any atom is -0.507 e. The van der Waals surface area contributed by atoms with Crippen LogP contribution >= 0.6 is 0 Å². The molecule has 0 spiro atoms. The molecule has 5 nitrogen and oxygen atoms in total. The average molecular weight is 482 g/mol. The first-order valence-electron chi connectivity index (χ1n) is 11.6. The van der Waals surface area contributed by atoms with Crippen LogP contribution in [0.1, 0.15) is 55.5 Å². The second kappa shape index (κ2) is 9.40. The van der Waals surface area contributed by atoms with Crippen molar-refractivity contribution in [2.45, 2.75) is 50.7 Å². The first-order valence-corrected chi connectivity index (χ1v) is 11.6. The van der Waals surface area contributed by atoms with Crippen molar-refractivity contribution < 1.29 is 28.5 Å². The van der Waals surface area contributed by atoms with Crippen LogP contribution in [0.25, 0.3) is 11.1 Å². The monoisotopic (exact) mass is 481 g/mol. The molecule has 4 rings (SSSR count). The Morgan fingerprint density at radius 2 is 1.86 bits per heavy atom. The van der Waals surface area contributed by atoms with Crippen LogP contribution in [0.2, 0.25) is 0 Å². The number of aliphatic hydroxyl groups is 1. The number of rotatable bonds is 5. The number of carbonyl (C=O) groups is 1. The van der Waals surface area contributed by atoms with Gasteiger partial charge in [-0.05, 0) is 74.2 Å². The lowest BCUT2D eigenvalue weighted by Crippen LogP contribution is -2.53. The summed E-state index contributed by atoms with van der Waals surface area (Å²) in [5.74, 6) is -2.65. The predicted molar refractivity (Wildman–Crippen MR) is 129 cm³/mol. The Morgan fingerprint density at radius 3 is 2.54 bits per heavy atom. The molecule has 0 radical (unpaired) electrons. The first-order chi connectivity index (χ1) is 16.5. The summed E-state index contributed by atoms with van der Waals surface area (Å²) in [5, 5.41) is 22.0. The fourth-order valence-corrected chi connectivity index (χ4v) is 5.08. The molecule has 0 bridgehead atoms. The maximum atomic E-state index is 14.1. The third kappa shape index (κ3) is 5.06. The van der Waals surface area contributed by atoms with Gasteiger partial charge >= 0.3 is 5.97 Å². The number of aromatic hydroxyl groups is 1. The lowest BCUT2D eigenvalue weighted by atomic mass is 9.64. The maximum Gasteiger partial charge on any atom is 0.347 e.